The first-order chi connectivity index (χ1) is 12.2. The van der Waals surface area contributed by atoms with Crippen LogP contribution in [0.3, 0.4) is 0 Å². The molecular formula is C21H24Cl2N2. The van der Waals surface area contributed by atoms with Gasteiger partial charge in [0.2, 0.25) is 0 Å². The van der Waals surface area contributed by atoms with Crippen molar-refractivity contribution in [2.24, 2.45) is 11.8 Å². The van der Waals surface area contributed by atoms with Gasteiger partial charge in [-0.05, 0) is 81.0 Å². The number of halogens is 2. The number of aryl methyl sites for hydroxylation is 1. The largest absolute Gasteiger partial charge is 0.236 e. The molecule has 0 unspecified atom stereocenters. The fourth-order valence-electron chi connectivity index (χ4n) is 3.58. The summed E-state index contributed by atoms with van der Waals surface area (Å²) in [4.78, 5) is 9.00. The zero-order chi connectivity index (χ0) is 17.6. The van der Waals surface area contributed by atoms with Gasteiger partial charge in [-0.1, -0.05) is 35.4 Å². The van der Waals surface area contributed by atoms with Gasteiger partial charge in [0.05, 0.1) is 10.0 Å². The van der Waals surface area contributed by atoms with Gasteiger partial charge in [-0.25, -0.2) is 9.97 Å². The monoisotopic (exact) mass is 374 g/mol. The number of benzene rings is 1. The predicted octanol–water partition coefficient (Wildman–Crippen LogP) is 6.77. The van der Waals surface area contributed by atoms with Crippen LogP contribution in [0.1, 0.15) is 44.6 Å². The van der Waals surface area contributed by atoms with Crippen molar-refractivity contribution >= 4 is 23.2 Å². The number of hydrogen-bond donors (Lipinski definition) is 0. The second-order valence-corrected chi connectivity index (χ2v) is 7.70. The van der Waals surface area contributed by atoms with Crippen molar-refractivity contribution in [2.45, 2.75) is 45.4 Å². The molecule has 1 heterocycles. The molecule has 2 nitrogen and oxygen atoms in total. The fourth-order valence-corrected chi connectivity index (χ4v) is 3.88. The SMILES string of the molecule is C/C=C/[C@H]1CC[C@H](CCc2cnc(-c3ccc(Cl)c(Cl)c3)nc2)CC1. The maximum atomic E-state index is 6.07. The Balaban J connectivity index is 1.54. The van der Waals surface area contributed by atoms with E-state index in [0.717, 1.165) is 23.8 Å². The first-order valence-corrected chi connectivity index (χ1v) is 9.80. The molecule has 0 atom stereocenters. The molecule has 0 spiro atoms. The Morgan fingerprint density at radius 2 is 1.76 bits per heavy atom. The molecule has 0 aliphatic heterocycles. The van der Waals surface area contributed by atoms with Crippen LogP contribution in [0.5, 0.6) is 0 Å². The predicted molar refractivity (Wildman–Crippen MR) is 106 cm³/mol. The molecule has 0 N–H and O–H groups in total. The van der Waals surface area contributed by atoms with Gasteiger partial charge in [-0.3, -0.25) is 0 Å². The molecule has 1 aliphatic rings. The van der Waals surface area contributed by atoms with Gasteiger partial charge < -0.3 is 0 Å². The van der Waals surface area contributed by atoms with Gasteiger partial charge in [0.25, 0.3) is 0 Å². The van der Waals surface area contributed by atoms with Crippen LogP contribution in [-0.4, -0.2) is 9.97 Å². The van der Waals surface area contributed by atoms with E-state index in [9.17, 15) is 0 Å². The lowest BCUT2D eigenvalue weighted by Crippen LogP contribution is -2.13. The summed E-state index contributed by atoms with van der Waals surface area (Å²) in [6.07, 6.45) is 16.1. The van der Waals surface area contributed by atoms with E-state index in [1.165, 1.54) is 37.7 Å². The van der Waals surface area contributed by atoms with Crippen LogP contribution in [0, 0.1) is 11.8 Å². The summed E-state index contributed by atoms with van der Waals surface area (Å²) in [6.45, 7) is 2.12. The van der Waals surface area contributed by atoms with Crippen molar-refractivity contribution < 1.29 is 0 Å². The Morgan fingerprint density at radius 3 is 2.40 bits per heavy atom. The van der Waals surface area contributed by atoms with Crippen molar-refractivity contribution in [3.05, 3.63) is 58.4 Å². The van der Waals surface area contributed by atoms with E-state index in [4.69, 9.17) is 23.2 Å². The first kappa shape index (κ1) is 18.4. The lowest BCUT2D eigenvalue weighted by Gasteiger charge is -2.26. The van der Waals surface area contributed by atoms with Crippen molar-refractivity contribution in [1.82, 2.24) is 9.97 Å². The summed E-state index contributed by atoms with van der Waals surface area (Å²) < 4.78 is 0. The highest BCUT2D eigenvalue weighted by Gasteiger charge is 2.19. The van der Waals surface area contributed by atoms with Crippen molar-refractivity contribution in [1.29, 1.82) is 0 Å². The lowest BCUT2D eigenvalue weighted by molar-refractivity contribution is 0.296. The molecule has 132 valence electrons. The Morgan fingerprint density at radius 1 is 1.04 bits per heavy atom. The van der Waals surface area contributed by atoms with E-state index in [1.807, 2.05) is 24.5 Å². The summed E-state index contributed by atoms with van der Waals surface area (Å²) in [5.74, 6) is 2.33. The van der Waals surface area contributed by atoms with Crippen LogP contribution in [-0.2, 0) is 6.42 Å². The van der Waals surface area contributed by atoms with E-state index in [1.54, 1.807) is 6.07 Å². The number of aromatic nitrogens is 2. The summed E-state index contributed by atoms with van der Waals surface area (Å²) in [5, 5.41) is 1.08. The van der Waals surface area contributed by atoms with Crippen LogP contribution < -0.4 is 0 Å². The molecule has 1 aromatic carbocycles. The molecule has 1 aromatic heterocycles. The lowest BCUT2D eigenvalue weighted by atomic mass is 9.79. The average molecular weight is 375 g/mol. The minimum Gasteiger partial charge on any atom is -0.236 e. The molecular weight excluding hydrogens is 351 g/mol. The molecule has 0 amide bonds. The standard InChI is InChI=1S/C21H24Cl2N2/c1-2-3-15-4-6-16(7-5-15)8-9-17-13-24-21(25-14-17)18-10-11-19(22)20(23)12-18/h2-3,10-16H,4-9H2,1H3/b3-2+/t15-,16-. The molecule has 2 aromatic rings. The van der Waals surface area contributed by atoms with E-state index < -0.39 is 0 Å². The van der Waals surface area contributed by atoms with Crippen LogP contribution in [0.15, 0.2) is 42.7 Å². The number of allylic oxidation sites excluding steroid dienone is 2. The highest BCUT2D eigenvalue weighted by atomic mass is 35.5. The molecule has 1 saturated carbocycles. The molecule has 0 bridgehead atoms. The number of nitrogens with zero attached hydrogens (tertiary/aromatic N) is 2. The summed E-state index contributed by atoms with van der Waals surface area (Å²) in [5.41, 5.74) is 2.10. The van der Waals surface area contributed by atoms with Gasteiger partial charge in [0.15, 0.2) is 5.82 Å². The Labute approximate surface area is 160 Å². The average Bonchev–Trinajstić information content (AvgIpc) is 2.64. The highest BCUT2D eigenvalue weighted by molar-refractivity contribution is 6.42. The summed E-state index contributed by atoms with van der Waals surface area (Å²) in [7, 11) is 0. The Kier molecular flexibility index (Phi) is 6.50. The highest BCUT2D eigenvalue weighted by Crippen LogP contribution is 2.32. The zero-order valence-electron chi connectivity index (χ0n) is 14.6. The topological polar surface area (TPSA) is 25.8 Å². The molecule has 0 radical (unpaired) electrons. The molecule has 3 rings (SSSR count). The van der Waals surface area contributed by atoms with Gasteiger partial charge >= 0.3 is 0 Å². The van der Waals surface area contributed by atoms with Crippen LogP contribution in [0.25, 0.3) is 11.4 Å². The molecule has 25 heavy (non-hydrogen) atoms. The van der Waals surface area contributed by atoms with E-state index in [2.05, 4.69) is 29.0 Å². The van der Waals surface area contributed by atoms with Crippen molar-refractivity contribution in [2.75, 3.05) is 0 Å². The van der Waals surface area contributed by atoms with Crippen LogP contribution in [0.4, 0.5) is 0 Å². The zero-order valence-corrected chi connectivity index (χ0v) is 16.1. The third-order valence-corrected chi connectivity index (χ3v) is 5.82. The molecule has 4 heteroatoms. The van der Waals surface area contributed by atoms with Gasteiger partial charge in [-0.2, -0.15) is 0 Å². The van der Waals surface area contributed by atoms with Crippen molar-refractivity contribution in [3.8, 4) is 11.4 Å². The smallest absolute Gasteiger partial charge is 0.159 e. The summed E-state index contributed by atoms with van der Waals surface area (Å²) in [6, 6.07) is 5.48. The molecule has 1 fully saturated rings. The second kappa shape index (κ2) is 8.82. The van der Waals surface area contributed by atoms with Gasteiger partial charge in [-0.15, -0.1) is 0 Å². The maximum Gasteiger partial charge on any atom is 0.159 e. The van der Waals surface area contributed by atoms with E-state index in [0.29, 0.717) is 15.9 Å². The van der Waals surface area contributed by atoms with Crippen LogP contribution >= 0.6 is 23.2 Å². The maximum absolute atomic E-state index is 6.07. The number of hydrogen-bond acceptors (Lipinski definition) is 2. The number of rotatable bonds is 5. The third-order valence-electron chi connectivity index (χ3n) is 5.08. The van der Waals surface area contributed by atoms with E-state index in [-0.39, 0.29) is 0 Å². The fraction of sp³-hybridized carbons (Fsp3) is 0.429. The third kappa shape index (κ3) is 5.05. The molecule has 0 saturated heterocycles. The molecule has 1 aliphatic carbocycles. The quantitative estimate of drug-likeness (QED) is 0.539. The minimum absolute atomic E-state index is 0.528. The van der Waals surface area contributed by atoms with Crippen LogP contribution in [0.2, 0.25) is 10.0 Å². The normalized spacial score (nSPS) is 20.9. The van der Waals surface area contributed by atoms with E-state index >= 15 is 0 Å². The summed E-state index contributed by atoms with van der Waals surface area (Å²) >= 11 is 12.0. The first-order valence-electron chi connectivity index (χ1n) is 9.05. The second-order valence-electron chi connectivity index (χ2n) is 6.89. The Hall–Kier alpha value is -1.38. The van der Waals surface area contributed by atoms with Gasteiger partial charge in [0.1, 0.15) is 0 Å². The van der Waals surface area contributed by atoms with Crippen molar-refractivity contribution in [3.63, 3.8) is 0 Å². The Bertz CT molecular complexity index is 717. The van der Waals surface area contributed by atoms with Gasteiger partial charge in [0, 0.05) is 18.0 Å². The minimum atomic E-state index is 0.528.